The summed E-state index contributed by atoms with van der Waals surface area (Å²) < 4.78 is 15.0. The van der Waals surface area contributed by atoms with Crippen LogP contribution >= 0.6 is 27.5 Å². The maximum atomic E-state index is 14.0. The van der Waals surface area contributed by atoms with E-state index in [-0.39, 0.29) is 11.9 Å². The van der Waals surface area contributed by atoms with Gasteiger partial charge in [0.05, 0.1) is 0 Å². The monoisotopic (exact) mass is 369 g/mol. The van der Waals surface area contributed by atoms with Crippen LogP contribution in [0.1, 0.15) is 30.5 Å². The highest BCUT2D eigenvalue weighted by Gasteiger charge is 2.14. The Hall–Kier alpha value is -0.900. The average molecular weight is 371 g/mol. The Morgan fingerprint density at radius 2 is 2.05 bits per heavy atom. The van der Waals surface area contributed by atoms with Gasteiger partial charge in [-0.25, -0.2) is 4.39 Å². The average Bonchev–Trinajstić information content (AvgIpc) is 2.45. The van der Waals surface area contributed by atoms with E-state index in [9.17, 15) is 4.39 Å². The topological polar surface area (TPSA) is 12.0 Å². The molecule has 2 aromatic rings. The largest absolute Gasteiger partial charge is 0.310 e. The molecule has 0 aliphatic carbocycles. The van der Waals surface area contributed by atoms with Crippen molar-refractivity contribution in [1.29, 1.82) is 0 Å². The molecule has 0 bridgehead atoms. The SMILES string of the molecule is CCCNC(Cc1ccc(Cl)cc1F)c1cccc(Br)c1. The molecular formula is C17H18BrClFN. The van der Waals surface area contributed by atoms with Crippen molar-refractivity contribution in [1.82, 2.24) is 5.32 Å². The van der Waals surface area contributed by atoms with Crippen molar-refractivity contribution in [3.8, 4) is 0 Å². The van der Waals surface area contributed by atoms with E-state index in [2.05, 4.69) is 40.3 Å². The van der Waals surface area contributed by atoms with Gasteiger partial charge in [-0.15, -0.1) is 0 Å². The molecule has 0 spiro atoms. The molecule has 0 aliphatic heterocycles. The fourth-order valence-electron chi connectivity index (χ4n) is 2.26. The molecule has 4 heteroatoms. The number of hydrogen-bond donors (Lipinski definition) is 1. The van der Waals surface area contributed by atoms with Gasteiger partial charge >= 0.3 is 0 Å². The van der Waals surface area contributed by atoms with Gasteiger partial charge in [0.25, 0.3) is 0 Å². The van der Waals surface area contributed by atoms with E-state index in [4.69, 9.17) is 11.6 Å². The van der Waals surface area contributed by atoms with Crippen LogP contribution < -0.4 is 5.32 Å². The van der Waals surface area contributed by atoms with Crippen molar-refractivity contribution < 1.29 is 4.39 Å². The van der Waals surface area contributed by atoms with Crippen LogP contribution in [-0.2, 0) is 6.42 Å². The van der Waals surface area contributed by atoms with Gasteiger partial charge < -0.3 is 5.32 Å². The minimum Gasteiger partial charge on any atom is -0.310 e. The summed E-state index contributed by atoms with van der Waals surface area (Å²) in [6, 6.07) is 13.1. The molecule has 1 unspecified atom stereocenters. The van der Waals surface area contributed by atoms with E-state index in [1.54, 1.807) is 12.1 Å². The molecule has 0 fully saturated rings. The van der Waals surface area contributed by atoms with E-state index in [1.807, 2.05) is 12.1 Å². The quantitative estimate of drug-likeness (QED) is 0.705. The molecule has 0 saturated carbocycles. The van der Waals surface area contributed by atoms with Crippen molar-refractivity contribution in [2.24, 2.45) is 0 Å². The fourth-order valence-corrected chi connectivity index (χ4v) is 2.83. The van der Waals surface area contributed by atoms with Crippen molar-refractivity contribution in [3.63, 3.8) is 0 Å². The Bertz CT molecular complexity index is 603. The van der Waals surface area contributed by atoms with E-state index >= 15 is 0 Å². The summed E-state index contributed by atoms with van der Waals surface area (Å²) in [7, 11) is 0. The smallest absolute Gasteiger partial charge is 0.127 e. The van der Waals surface area contributed by atoms with Crippen molar-refractivity contribution in [3.05, 3.63) is 68.9 Å². The summed E-state index contributed by atoms with van der Waals surface area (Å²) in [6.07, 6.45) is 1.63. The molecule has 0 aliphatic rings. The van der Waals surface area contributed by atoms with E-state index in [0.29, 0.717) is 17.0 Å². The lowest BCUT2D eigenvalue weighted by atomic mass is 9.98. The normalized spacial score (nSPS) is 12.4. The Kier molecular flexibility index (Phi) is 6.22. The number of halogens is 3. The number of nitrogens with one attached hydrogen (secondary N) is 1. The highest BCUT2D eigenvalue weighted by atomic mass is 79.9. The predicted octanol–water partition coefficient (Wildman–Crippen LogP) is 5.53. The third kappa shape index (κ3) is 4.80. The highest BCUT2D eigenvalue weighted by molar-refractivity contribution is 9.10. The maximum absolute atomic E-state index is 14.0. The summed E-state index contributed by atoms with van der Waals surface area (Å²) in [5.74, 6) is -0.249. The van der Waals surface area contributed by atoms with Gasteiger partial charge in [-0.05, 0) is 54.8 Å². The first kappa shape index (κ1) is 16.5. The van der Waals surface area contributed by atoms with E-state index in [0.717, 1.165) is 23.0 Å². The fraction of sp³-hybridized carbons (Fsp3) is 0.294. The summed E-state index contributed by atoms with van der Waals surface area (Å²) in [5, 5.41) is 3.91. The molecule has 2 aromatic carbocycles. The first-order valence-electron chi connectivity index (χ1n) is 7.03. The molecule has 0 amide bonds. The van der Waals surface area contributed by atoms with Crippen LogP contribution in [0, 0.1) is 5.82 Å². The van der Waals surface area contributed by atoms with Gasteiger partial charge in [0.15, 0.2) is 0 Å². The van der Waals surface area contributed by atoms with Crippen molar-refractivity contribution >= 4 is 27.5 Å². The Labute approximate surface area is 138 Å². The van der Waals surface area contributed by atoms with Crippen LogP contribution in [0.3, 0.4) is 0 Å². The zero-order valence-electron chi connectivity index (χ0n) is 11.9. The number of rotatable bonds is 6. The standard InChI is InChI=1S/C17H18BrClFN/c1-2-8-21-17(13-4-3-5-14(18)9-13)10-12-6-7-15(19)11-16(12)20/h3-7,9,11,17,21H,2,8,10H2,1H3. The third-order valence-corrected chi connectivity index (χ3v) is 4.06. The van der Waals surface area contributed by atoms with Gasteiger partial charge in [0.1, 0.15) is 5.82 Å². The first-order chi connectivity index (χ1) is 10.1. The van der Waals surface area contributed by atoms with Crippen LogP contribution in [0.2, 0.25) is 5.02 Å². The summed E-state index contributed by atoms with van der Waals surface area (Å²) in [5.41, 5.74) is 1.82. The molecule has 0 saturated heterocycles. The van der Waals surface area contributed by atoms with Gasteiger partial charge in [0.2, 0.25) is 0 Å². The molecule has 0 aromatic heterocycles. The molecule has 21 heavy (non-hydrogen) atoms. The Balaban J connectivity index is 2.23. The lowest BCUT2D eigenvalue weighted by Gasteiger charge is -2.20. The third-order valence-electron chi connectivity index (χ3n) is 3.33. The van der Waals surface area contributed by atoms with Gasteiger partial charge in [0, 0.05) is 15.5 Å². The molecular weight excluding hydrogens is 353 g/mol. The lowest BCUT2D eigenvalue weighted by Crippen LogP contribution is -2.24. The van der Waals surface area contributed by atoms with Crippen molar-refractivity contribution in [2.45, 2.75) is 25.8 Å². The van der Waals surface area contributed by atoms with Crippen LogP contribution in [0.4, 0.5) is 4.39 Å². The van der Waals surface area contributed by atoms with E-state index in [1.165, 1.54) is 6.07 Å². The number of hydrogen-bond acceptors (Lipinski definition) is 1. The first-order valence-corrected chi connectivity index (χ1v) is 8.20. The molecule has 1 N–H and O–H groups in total. The Morgan fingerprint density at radius 1 is 1.24 bits per heavy atom. The van der Waals surface area contributed by atoms with Crippen molar-refractivity contribution in [2.75, 3.05) is 6.54 Å². The Morgan fingerprint density at radius 3 is 2.71 bits per heavy atom. The van der Waals surface area contributed by atoms with Crippen LogP contribution in [-0.4, -0.2) is 6.54 Å². The zero-order valence-corrected chi connectivity index (χ0v) is 14.2. The molecule has 0 radical (unpaired) electrons. The van der Waals surface area contributed by atoms with Gasteiger partial charge in [-0.2, -0.15) is 0 Å². The second-order valence-corrected chi connectivity index (χ2v) is 6.35. The summed E-state index contributed by atoms with van der Waals surface area (Å²) in [6.45, 7) is 3.01. The van der Waals surface area contributed by atoms with E-state index < -0.39 is 0 Å². The molecule has 2 rings (SSSR count). The van der Waals surface area contributed by atoms with Crippen LogP contribution in [0.5, 0.6) is 0 Å². The van der Waals surface area contributed by atoms with Crippen LogP contribution in [0.25, 0.3) is 0 Å². The van der Waals surface area contributed by atoms with Gasteiger partial charge in [-0.1, -0.05) is 52.7 Å². The maximum Gasteiger partial charge on any atom is 0.127 e. The molecule has 1 nitrogen and oxygen atoms in total. The van der Waals surface area contributed by atoms with Crippen LogP contribution in [0.15, 0.2) is 46.9 Å². The second kappa shape index (κ2) is 7.92. The molecule has 112 valence electrons. The minimum atomic E-state index is -0.249. The minimum absolute atomic E-state index is 0.0816. The number of benzene rings is 2. The summed E-state index contributed by atoms with van der Waals surface area (Å²) >= 11 is 9.30. The highest BCUT2D eigenvalue weighted by Crippen LogP contribution is 2.24. The lowest BCUT2D eigenvalue weighted by molar-refractivity contribution is 0.513. The predicted molar refractivity (Wildman–Crippen MR) is 90.3 cm³/mol. The van der Waals surface area contributed by atoms with Gasteiger partial charge in [-0.3, -0.25) is 0 Å². The second-order valence-electron chi connectivity index (χ2n) is 5.00. The summed E-state index contributed by atoms with van der Waals surface area (Å²) in [4.78, 5) is 0. The zero-order chi connectivity index (χ0) is 15.2. The molecule has 1 atom stereocenters. The molecule has 0 heterocycles.